The third kappa shape index (κ3) is 26.9. The molecule has 0 radical (unpaired) electrons. The van der Waals surface area contributed by atoms with E-state index in [2.05, 4.69) is 29.8 Å². The number of aliphatic hydroxyl groups is 3. The summed E-state index contributed by atoms with van der Waals surface area (Å²) in [6.07, 6.45) is 28.2. The number of hydrogen-bond acceptors (Lipinski definition) is 8. The quantitative estimate of drug-likeness (QED) is 0.0355. The molecule has 0 spiro atoms. The summed E-state index contributed by atoms with van der Waals surface area (Å²) in [6.45, 7) is 8.55. The summed E-state index contributed by atoms with van der Waals surface area (Å²) in [7, 11) is 0. The molecule has 6 N–H and O–H groups in total. The third-order valence-electron chi connectivity index (χ3n) is 12.9. The van der Waals surface area contributed by atoms with Crippen LogP contribution in [0.2, 0.25) is 0 Å². The molecule has 0 saturated carbocycles. The van der Waals surface area contributed by atoms with Gasteiger partial charge in [0, 0.05) is 13.1 Å². The average molecular weight is 917 g/mol. The van der Waals surface area contributed by atoms with Gasteiger partial charge in [-0.2, -0.15) is 0 Å². The van der Waals surface area contributed by atoms with Crippen molar-refractivity contribution in [2.75, 3.05) is 19.7 Å². The van der Waals surface area contributed by atoms with Gasteiger partial charge >= 0.3 is 12.1 Å². The fraction of sp³-hybridized carbons (Fsp3) is 0.830. The van der Waals surface area contributed by atoms with E-state index in [9.17, 15) is 29.7 Å². The van der Waals surface area contributed by atoms with Crippen molar-refractivity contribution < 1.29 is 39.2 Å². The van der Waals surface area contributed by atoms with Crippen LogP contribution in [0.1, 0.15) is 219 Å². The van der Waals surface area contributed by atoms with Gasteiger partial charge in [0.25, 0.3) is 0 Å². The summed E-state index contributed by atoms with van der Waals surface area (Å²) in [5, 5.41) is 41.3. The van der Waals surface area contributed by atoms with Crippen LogP contribution < -0.4 is 16.0 Å². The fourth-order valence-corrected chi connectivity index (χ4v) is 8.83. The largest absolute Gasteiger partial charge is 0.445 e. The molecule has 1 saturated heterocycles. The number of hydrogen-bond donors (Lipinski definition) is 6. The molecule has 0 aliphatic carbocycles. The second-order valence-corrected chi connectivity index (χ2v) is 19.3. The molecule has 6 atom stereocenters. The first-order valence-electron chi connectivity index (χ1n) is 26.6. The highest BCUT2D eigenvalue weighted by Crippen LogP contribution is 2.26. The van der Waals surface area contributed by atoms with E-state index in [4.69, 9.17) is 9.47 Å². The van der Waals surface area contributed by atoms with Gasteiger partial charge in [0.05, 0.1) is 6.61 Å². The van der Waals surface area contributed by atoms with E-state index >= 15 is 0 Å². The molecular weight excluding hydrogens is 821 g/mol. The predicted octanol–water partition coefficient (Wildman–Crippen LogP) is 11.2. The Morgan fingerprint density at radius 3 is 1.58 bits per heavy atom. The van der Waals surface area contributed by atoms with E-state index in [1.54, 1.807) is 0 Å². The molecule has 2 rings (SSSR count). The van der Waals surface area contributed by atoms with Crippen LogP contribution in [0.5, 0.6) is 0 Å². The van der Waals surface area contributed by atoms with Gasteiger partial charge in [-0.25, -0.2) is 9.59 Å². The summed E-state index contributed by atoms with van der Waals surface area (Å²) in [5.41, 5.74) is 0.798. The topological polar surface area (TPSA) is 170 Å². The van der Waals surface area contributed by atoms with Gasteiger partial charge in [-0.1, -0.05) is 225 Å². The molecule has 4 amide bonds. The lowest BCUT2D eigenvalue weighted by Gasteiger charge is -2.47. The van der Waals surface area contributed by atoms with Crippen LogP contribution in [0.25, 0.3) is 0 Å². The third-order valence-corrected chi connectivity index (χ3v) is 12.9. The van der Waals surface area contributed by atoms with E-state index in [1.807, 2.05) is 44.2 Å². The van der Waals surface area contributed by atoms with Crippen molar-refractivity contribution in [1.29, 1.82) is 0 Å². The molecule has 1 heterocycles. The number of ether oxygens (including phenoxy) is 2. The van der Waals surface area contributed by atoms with Crippen molar-refractivity contribution in [3.05, 3.63) is 35.9 Å². The highest BCUT2D eigenvalue weighted by atomic mass is 16.6. The smallest absolute Gasteiger partial charge is 0.408 e. The molecule has 12 heteroatoms. The number of alkyl carbamates (subject to hydrolysis) is 1. The van der Waals surface area contributed by atoms with Crippen molar-refractivity contribution in [1.82, 2.24) is 20.9 Å². The molecule has 1 aliphatic rings. The Balaban J connectivity index is 2.02. The van der Waals surface area contributed by atoms with Crippen LogP contribution in [0.3, 0.4) is 0 Å². The second kappa shape index (κ2) is 38.1. The van der Waals surface area contributed by atoms with Gasteiger partial charge in [0.15, 0.2) is 6.23 Å². The van der Waals surface area contributed by atoms with Crippen LogP contribution in [-0.4, -0.2) is 94.6 Å². The van der Waals surface area contributed by atoms with Crippen molar-refractivity contribution in [2.45, 2.75) is 257 Å². The predicted molar refractivity (Wildman–Crippen MR) is 263 cm³/mol. The van der Waals surface area contributed by atoms with Crippen molar-refractivity contribution in [2.24, 2.45) is 5.92 Å². The Labute approximate surface area is 395 Å². The van der Waals surface area contributed by atoms with Crippen molar-refractivity contribution in [3.8, 4) is 0 Å². The lowest BCUT2D eigenvalue weighted by molar-refractivity contribution is -0.224. The summed E-state index contributed by atoms with van der Waals surface area (Å²) < 4.78 is 11.6. The Morgan fingerprint density at radius 1 is 0.662 bits per heavy atom. The van der Waals surface area contributed by atoms with E-state index in [0.29, 0.717) is 19.5 Å². The molecule has 65 heavy (non-hydrogen) atoms. The number of carbonyl (C=O) groups is 3. The Bertz CT molecular complexity index is 1320. The van der Waals surface area contributed by atoms with Gasteiger partial charge in [-0.3, -0.25) is 9.69 Å². The van der Waals surface area contributed by atoms with E-state index in [-0.39, 0.29) is 25.0 Å². The monoisotopic (exact) mass is 917 g/mol. The van der Waals surface area contributed by atoms with Gasteiger partial charge < -0.3 is 40.7 Å². The molecule has 0 unspecified atom stereocenters. The highest BCUT2D eigenvalue weighted by molar-refractivity contribution is 5.86. The minimum Gasteiger partial charge on any atom is -0.445 e. The summed E-state index contributed by atoms with van der Waals surface area (Å²) in [6, 6.07) is 6.55. The first kappa shape index (κ1) is 58.2. The standard InChI is InChI=1S/C53H96N4O8/c1-5-7-9-11-13-15-17-19-20-21-22-23-25-27-29-34-38-54-52(62)57(39-35-30-28-26-24-18-16-14-12-10-8-6-2)51-47(49(60)48(59)46(41-58)65-51)56-50(61)45(40-43(3)4)55-53(63)64-42-44-36-32-31-33-37-44/h31-33,36-37,43,45-49,51,58-60H,5-30,34-35,38-42H2,1-4H3,(H,54,62)(H,55,63)(H,56,61)/t45-,46+,47+,48+,49+,51+/m0/s1. The molecule has 1 aromatic carbocycles. The van der Waals surface area contributed by atoms with Crippen LogP contribution in [-0.2, 0) is 20.9 Å². The number of aliphatic hydroxyl groups excluding tert-OH is 3. The van der Waals surface area contributed by atoms with Gasteiger partial charge in [-0.05, 0) is 30.7 Å². The molecule has 0 bridgehead atoms. The van der Waals surface area contributed by atoms with E-state index in [0.717, 1.165) is 44.1 Å². The number of unbranched alkanes of at least 4 members (excludes halogenated alkanes) is 26. The van der Waals surface area contributed by atoms with E-state index < -0.39 is 55.2 Å². The zero-order valence-corrected chi connectivity index (χ0v) is 41.6. The molecule has 0 aromatic heterocycles. The summed E-state index contributed by atoms with van der Waals surface area (Å²) in [5.74, 6) is -0.605. The van der Waals surface area contributed by atoms with Gasteiger partial charge in [0.2, 0.25) is 5.91 Å². The SMILES string of the molecule is CCCCCCCCCCCCCCCCCCNC(=O)N(CCCCCCCCCCCCCC)[C@@H]1O[C@H](CO)[C@@H](O)[C@H](O)[C@H]1NC(=O)[C@H](CC(C)C)NC(=O)OCc1ccccc1. The molecule has 1 aliphatic heterocycles. The molecular formula is C53H96N4O8. The Hall–Kier alpha value is -2.93. The van der Waals surface area contributed by atoms with Crippen molar-refractivity contribution >= 4 is 18.0 Å². The minimum atomic E-state index is -1.57. The number of nitrogens with one attached hydrogen (secondary N) is 3. The number of urea groups is 1. The first-order valence-corrected chi connectivity index (χ1v) is 26.6. The summed E-state index contributed by atoms with van der Waals surface area (Å²) in [4.78, 5) is 42.6. The van der Waals surface area contributed by atoms with Crippen LogP contribution in [0, 0.1) is 5.92 Å². The van der Waals surface area contributed by atoms with E-state index in [1.165, 1.54) is 140 Å². The van der Waals surface area contributed by atoms with Crippen LogP contribution in [0.4, 0.5) is 9.59 Å². The average Bonchev–Trinajstić information content (AvgIpc) is 3.30. The van der Waals surface area contributed by atoms with Crippen LogP contribution >= 0.6 is 0 Å². The number of benzene rings is 1. The maximum Gasteiger partial charge on any atom is 0.408 e. The minimum absolute atomic E-state index is 0.00506. The number of nitrogens with zero attached hydrogens (tertiary/aromatic N) is 1. The molecule has 12 nitrogen and oxygen atoms in total. The highest BCUT2D eigenvalue weighted by Gasteiger charge is 2.48. The van der Waals surface area contributed by atoms with Gasteiger partial charge in [-0.15, -0.1) is 0 Å². The normalized spacial score (nSPS) is 18.9. The number of rotatable bonds is 39. The lowest BCUT2D eigenvalue weighted by Crippen LogP contribution is -2.70. The molecule has 376 valence electrons. The maximum absolute atomic E-state index is 14.1. The molecule has 1 fully saturated rings. The van der Waals surface area contributed by atoms with Gasteiger partial charge in [0.1, 0.15) is 37.0 Å². The lowest BCUT2D eigenvalue weighted by atomic mass is 9.94. The first-order chi connectivity index (χ1) is 31.6. The number of amides is 4. The number of carbonyl (C=O) groups excluding carboxylic acids is 3. The Morgan fingerprint density at radius 2 is 1.12 bits per heavy atom. The zero-order chi connectivity index (χ0) is 47.3. The van der Waals surface area contributed by atoms with Crippen molar-refractivity contribution in [3.63, 3.8) is 0 Å². The Kier molecular flexibility index (Phi) is 34.1. The summed E-state index contributed by atoms with van der Waals surface area (Å²) >= 11 is 0. The molecule has 1 aromatic rings. The van der Waals surface area contributed by atoms with Crippen LogP contribution in [0.15, 0.2) is 30.3 Å². The zero-order valence-electron chi connectivity index (χ0n) is 41.6. The maximum atomic E-state index is 14.1. The fourth-order valence-electron chi connectivity index (χ4n) is 8.83. The second-order valence-electron chi connectivity index (χ2n) is 19.3.